The van der Waals surface area contributed by atoms with E-state index in [1.54, 1.807) is 0 Å². The minimum atomic E-state index is -1.28. The summed E-state index contributed by atoms with van der Waals surface area (Å²) in [5, 5.41) is 1.47. The number of hydrogen-bond acceptors (Lipinski definition) is 0. The van der Waals surface area contributed by atoms with Gasteiger partial charge in [0.2, 0.25) is 0 Å². The summed E-state index contributed by atoms with van der Waals surface area (Å²) in [5.41, 5.74) is 4.84. The van der Waals surface area contributed by atoms with E-state index >= 15 is 0 Å². The van der Waals surface area contributed by atoms with Crippen molar-refractivity contribution in [2.45, 2.75) is 19.6 Å². The molecule has 0 amide bonds. The van der Waals surface area contributed by atoms with Crippen molar-refractivity contribution >= 4 is 25.4 Å². The highest BCUT2D eigenvalue weighted by atomic mass is 28.3. The average molecular weight is 278 g/mol. The van der Waals surface area contributed by atoms with Gasteiger partial charge in [0.05, 0.1) is 8.07 Å². The average Bonchev–Trinajstić information content (AvgIpc) is 2.45. The highest BCUT2D eigenvalue weighted by Crippen LogP contribution is 2.25. The monoisotopic (exact) mass is 278 g/mol. The summed E-state index contributed by atoms with van der Waals surface area (Å²) in [4.78, 5) is 0. The van der Waals surface area contributed by atoms with Crippen LogP contribution in [0, 0.1) is 0 Å². The van der Waals surface area contributed by atoms with Crippen LogP contribution in [-0.4, -0.2) is 8.07 Å². The van der Waals surface area contributed by atoms with Crippen molar-refractivity contribution in [1.29, 1.82) is 0 Å². The molecule has 102 valence electrons. The maximum atomic E-state index is 3.97. The Hall–Kier alpha value is -1.86. The van der Waals surface area contributed by atoms with E-state index in [1.807, 2.05) is 12.2 Å². The summed E-state index contributed by atoms with van der Waals surface area (Å²) in [7, 11) is -1.28. The van der Waals surface area contributed by atoms with Gasteiger partial charge in [-0.2, -0.15) is 0 Å². The standard InChI is InChI=1S/C19H22Si/c1-6-15-8-10-17(11-9-15)19-13-12-18(20(3,4)5)14-16(19)7-2/h6-14H,1-2H2,3-5H3. The summed E-state index contributed by atoms with van der Waals surface area (Å²) >= 11 is 0. The molecule has 20 heavy (non-hydrogen) atoms. The van der Waals surface area contributed by atoms with Crippen LogP contribution < -0.4 is 5.19 Å². The first kappa shape index (κ1) is 14.5. The van der Waals surface area contributed by atoms with Gasteiger partial charge in [-0.1, -0.05) is 92.6 Å². The first-order chi connectivity index (χ1) is 9.45. The highest BCUT2D eigenvalue weighted by Gasteiger charge is 2.17. The van der Waals surface area contributed by atoms with Crippen LogP contribution in [0.15, 0.2) is 55.6 Å². The molecule has 0 fully saturated rings. The van der Waals surface area contributed by atoms with Gasteiger partial charge in [-0.15, -0.1) is 0 Å². The van der Waals surface area contributed by atoms with Crippen LogP contribution >= 0.6 is 0 Å². The fourth-order valence-corrected chi connectivity index (χ4v) is 3.43. The molecule has 0 bridgehead atoms. The van der Waals surface area contributed by atoms with Crippen LogP contribution in [0.25, 0.3) is 23.3 Å². The fourth-order valence-electron chi connectivity index (χ4n) is 2.26. The minimum absolute atomic E-state index is 1.15. The molecule has 0 saturated carbocycles. The lowest BCUT2D eigenvalue weighted by atomic mass is 9.99. The summed E-state index contributed by atoms with van der Waals surface area (Å²) in [5.74, 6) is 0. The molecular weight excluding hydrogens is 256 g/mol. The third-order valence-electron chi connectivity index (χ3n) is 3.59. The summed E-state index contributed by atoms with van der Waals surface area (Å²) in [6.07, 6.45) is 3.83. The van der Waals surface area contributed by atoms with Crippen LogP contribution in [0.2, 0.25) is 19.6 Å². The van der Waals surface area contributed by atoms with Crippen molar-refractivity contribution in [3.05, 3.63) is 66.7 Å². The van der Waals surface area contributed by atoms with Gasteiger partial charge in [-0.05, 0) is 22.3 Å². The van der Waals surface area contributed by atoms with E-state index in [4.69, 9.17) is 0 Å². The third kappa shape index (κ3) is 2.99. The first-order valence-corrected chi connectivity index (χ1v) is 10.5. The van der Waals surface area contributed by atoms with Gasteiger partial charge in [0.1, 0.15) is 0 Å². The molecule has 0 spiro atoms. The van der Waals surface area contributed by atoms with Gasteiger partial charge in [0, 0.05) is 0 Å². The molecule has 0 atom stereocenters. The van der Waals surface area contributed by atoms with Gasteiger partial charge in [-0.3, -0.25) is 0 Å². The molecule has 0 saturated heterocycles. The molecule has 0 radical (unpaired) electrons. The Morgan fingerprint density at radius 2 is 1.50 bits per heavy atom. The largest absolute Gasteiger partial charge is 0.0985 e. The lowest BCUT2D eigenvalue weighted by molar-refractivity contribution is 1.58. The summed E-state index contributed by atoms with van der Waals surface area (Å²) in [6.45, 7) is 14.9. The zero-order valence-corrected chi connectivity index (χ0v) is 13.6. The fraction of sp³-hybridized carbons (Fsp3) is 0.158. The first-order valence-electron chi connectivity index (χ1n) is 6.95. The molecule has 2 aromatic rings. The van der Waals surface area contributed by atoms with Gasteiger partial charge in [0.15, 0.2) is 0 Å². The van der Waals surface area contributed by atoms with E-state index in [0.717, 1.165) is 5.56 Å². The van der Waals surface area contributed by atoms with Gasteiger partial charge < -0.3 is 0 Å². The maximum Gasteiger partial charge on any atom is 0.0776 e. The van der Waals surface area contributed by atoms with Crippen molar-refractivity contribution in [2.75, 3.05) is 0 Å². The molecule has 0 nitrogen and oxygen atoms in total. The van der Waals surface area contributed by atoms with Gasteiger partial charge in [0.25, 0.3) is 0 Å². The van der Waals surface area contributed by atoms with E-state index in [0.29, 0.717) is 0 Å². The molecule has 2 aromatic carbocycles. The van der Waals surface area contributed by atoms with E-state index < -0.39 is 8.07 Å². The van der Waals surface area contributed by atoms with Crippen molar-refractivity contribution < 1.29 is 0 Å². The molecule has 0 heterocycles. The van der Waals surface area contributed by atoms with Crippen LogP contribution in [0.1, 0.15) is 11.1 Å². The predicted octanol–water partition coefficient (Wildman–Crippen LogP) is 5.18. The van der Waals surface area contributed by atoms with Gasteiger partial charge >= 0.3 is 0 Å². The molecule has 0 aliphatic heterocycles. The predicted molar refractivity (Wildman–Crippen MR) is 95.0 cm³/mol. The van der Waals surface area contributed by atoms with Crippen LogP contribution in [0.3, 0.4) is 0 Å². The molecule has 0 aliphatic rings. The third-order valence-corrected chi connectivity index (χ3v) is 5.64. The van der Waals surface area contributed by atoms with E-state index in [9.17, 15) is 0 Å². The van der Waals surface area contributed by atoms with Crippen molar-refractivity contribution in [3.63, 3.8) is 0 Å². The second-order valence-corrected chi connectivity index (χ2v) is 11.2. The maximum absolute atomic E-state index is 3.97. The van der Waals surface area contributed by atoms with E-state index in [-0.39, 0.29) is 0 Å². The van der Waals surface area contributed by atoms with Crippen LogP contribution in [0.4, 0.5) is 0 Å². The molecule has 1 heteroatoms. The Bertz CT molecular complexity index is 628. The Morgan fingerprint density at radius 3 is 2.00 bits per heavy atom. The quantitative estimate of drug-likeness (QED) is 0.676. The van der Waals surface area contributed by atoms with E-state index in [1.165, 1.54) is 21.9 Å². The Morgan fingerprint density at radius 1 is 0.850 bits per heavy atom. The number of rotatable bonds is 4. The summed E-state index contributed by atoms with van der Waals surface area (Å²) < 4.78 is 0. The Labute approximate surface area is 123 Å². The molecule has 0 aromatic heterocycles. The number of benzene rings is 2. The van der Waals surface area contributed by atoms with Crippen molar-refractivity contribution in [3.8, 4) is 11.1 Å². The van der Waals surface area contributed by atoms with Gasteiger partial charge in [-0.25, -0.2) is 0 Å². The van der Waals surface area contributed by atoms with Crippen molar-refractivity contribution in [2.24, 2.45) is 0 Å². The Kier molecular flexibility index (Phi) is 4.10. The Balaban J connectivity index is 2.50. The molecule has 0 aliphatic carbocycles. The molecule has 0 unspecified atom stereocenters. The van der Waals surface area contributed by atoms with Crippen LogP contribution in [-0.2, 0) is 0 Å². The normalized spacial score (nSPS) is 11.2. The topological polar surface area (TPSA) is 0 Å². The lowest BCUT2D eigenvalue weighted by Gasteiger charge is -2.19. The second-order valence-electron chi connectivity index (χ2n) is 6.08. The van der Waals surface area contributed by atoms with Crippen LogP contribution in [0.5, 0.6) is 0 Å². The van der Waals surface area contributed by atoms with E-state index in [2.05, 4.69) is 75.3 Å². The smallest absolute Gasteiger partial charge is 0.0776 e. The molecule has 2 rings (SSSR count). The molecular formula is C19H22Si. The highest BCUT2D eigenvalue weighted by molar-refractivity contribution is 6.88. The zero-order valence-electron chi connectivity index (χ0n) is 12.6. The second kappa shape index (κ2) is 5.64. The van der Waals surface area contributed by atoms with Crippen molar-refractivity contribution in [1.82, 2.24) is 0 Å². The lowest BCUT2D eigenvalue weighted by Crippen LogP contribution is -2.37. The zero-order chi connectivity index (χ0) is 14.8. The summed E-state index contributed by atoms with van der Waals surface area (Å²) in [6, 6.07) is 15.3. The minimum Gasteiger partial charge on any atom is -0.0985 e. The number of hydrogen-bond donors (Lipinski definition) is 0. The molecule has 0 N–H and O–H groups in total. The SMILES string of the molecule is C=Cc1ccc(-c2ccc([Si](C)(C)C)cc2C=C)cc1.